The zero-order valence-electron chi connectivity index (χ0n) is 11.5. The molecule has 0 unspecified atom stereocenters. The molecule has 2 rings (SSSR count). The topological polar surface area (TPSA) is 57.6 Å². The molecule has 0 aromatic carbocycles. The largest absolute Gasteiger partial charge is 0.481 e. The number of rotatable bonds is 6. The van der Waals surface area contributed by atoms with Gasteiger partial charge < -0.3 is 5.11 Å². The summed E-state index contributed by atoms with van der Waals surface area (Å²) in [6.07, 6.45) is 3.30. The molecule has 4 nitrogen and oxygen atoms in total. The van der Waals surface area contributed by atoms with Crippen molar-refractivity contribution in [3.63, 3.8) is 0 Å². The Kier molecular flexibility index (Phi) is 5.55. The molecule has 0 saturated carbocycles. The first-order valence-electron chi connectivity index (χ1n) is 6.57. The van der Waals surface area contributed by atoms with Crippen LogP contribution in [0.1, 0.15) is 29.5 Å². The fourth-order valence-electron chi connectivity index (χ4n) is 1.87. The summed E-state index contributed by atoms with van der Waals surface area (Å²) in [7, 11) is 0. The van der Waals surface area contributed by atoms with Crippen LogP contribution in [0.15, 0.2) is 17.0 Å². The van der Waals surface area contributed by atoms with Crippen molar-refractivity contribution in [3.8, 4) is 0 Å². The summed E-state index contributed by atoms with van der Waals surface area (Å²) in [4.78, 5) is 27.2. The maximum atomic E-state index is 12.3. The Morgan fingerprint density at radius 3 is 2.86 bits per heavy atom. The second-order valence-electron chi connectivity index (χ2n) is 4.49. The van der Waals surface area contributed by atoms with Gasteiger partial charge in [-0.15, -0.1) is 11.3 Å². The number of thioether (sulfide) groups is 1. The summed E-state index contributed by atoms with van der Waals surface area (Å²) in [5.74, 6) is -0.983. The maximum absolute atomic E-state index is 12.3. The number of thiocarbonyl (C=S) groups is 1. The average Bonchev–Trinajstić information content (AvgIpc) is 2.98. The monoisotopic (exact) mass is 341 g/mol. The standard InChI is InChI=1S/C14H15NO3S3/c1-2-9-5-6-10(20-9)8-11-13(18)15(14(19)21-11)7-3-4-12(16)17/h5-6,8H,2-4,7H2,1H3,(H,16,17). The van der Waals surface area contributed by atoms with Gasteiger partial charge in [0.2, 0.25) is 0 Å². The minimum absolute atomic E-state index is 0.0426. The minimum Gasteiger partial charge on any atom is -0.481 e. The van der Waals surface area contributed by atoms with E-state index in [0.717, 1.165) is 11.3 Å². The van der Waals surface area contributed by atoms with Gasteiger partial charge >= 0.3 is 5.97 Å². The Morgan fingerprint density at radius 1 is 1.48 bits per heavy atom. The van der Waals surface area contributed by atoms with Gasteiger partial charge in [-0.05, 0) is 31.1 Å². The highest BCUT2D eigenvalue weighted by molar-refractivity contribution is 8.26. The van der Waals surface area contributed by atoms with Crippen molar-refractivity contribution in [2.75, 3.05) is 6.54 Å². The first-order valence-corrected chi connectivity index (χ1v) is 8.61. The normalized spacial score (nSPS) is 17.0. The number of carboxylic acid groups (broad SMARTS) is 1. The van der Waals surface area contributed by atoms with Crippen LogP contribution in [-0.4, -0.2) is 32.7 Å². The van der Waals surface area contributed by atoms with Gasteiger partial charge in [-0.1, -0.05) is 30.9 Å². The Morgan fingerprint density at radius 2 is 2.24 bits per heavy atom. The first kappa shape index (κ1) is 16.2. The van der Waals surface area contributed by atoms with E-state index in [9.17, 15) is 9.59 Å². The number of aliphatic carboxylic acids is 1. The van der Waals surface area contributed by atoms with E-state index in [1.807, 2.05) is 12.1 Å². The number of amides is 1. The van der Waals surface area contributed by atoms with Gasteiger partial charge in [0.1, 0.15) is 4.32 Å². The van der Waals surface area contributed by atoms with Crippen molar-refractivity contribution >= 4 is 57.6 Å². The lowest BCUT2D eigenvalue weighted by atomic mass is 10.3. The quantitative estimate of drug-likeness (QED) is 0.635. The molecule has 1 N–H and O–H groups in total. The molecule has 1 amide bonds. The molecule has 0 bridgehead atoms. The van der Waals surface area contributed by atoms with E-state index in [1.54, 1.807) is 11.3 Å². The van der Waals surface area contributed by atoms with Gasteiger partial charge in [0.15, 0.2) is 0 Å². The lowest BCUT2D eigenvalue weighted by Crippen LogP contribution is -2.29. The van der Waals surface area contributed by atoms with Crippen LogP contribution in [0, 0.1) is 0 Å². The van der Waals surface area contributed by atoms with Crippen LogP contribution in [-0.2, 0) is 16.0 Å². The van der Waals surface area contributed by atoms with E-state index in [1.165, 1.54) is 21.5 Å². The molecule has 7 heteroatoms. The van der Waals surface area contributed by atoms with Crippen LogP contribution in [0.3, 0.4) is 0 Å². The molecule has 1 aromatic heterocycles. The predicted molar refractivity (Wildman–Crippen MR) is 90.4 cm³/mol. The minimum atomic E-state index is -0.860. The number of aryl methyl sites for hydroxylation is 1. The fourth-order valence-corrected chi connectivity index (χ4v) is 4.14. The van der Waals surface area contributed by atoms with Gasteiger partial charge in [0.25, 0.3) is 5.91 Å². The van der Waals surface area contributed by atoms with Crippen LogP contribution in [0.5, 0.6) is 0 Å². The fraction of sp³-hybridized carbons (Fsp3) is 0.357. The van der Waals surface area contributed by atoms with Crippen molar-refractivity contribution < 1.29 is 14.7 Å². The molecule has 1 saturated heterocycles. The highest BCUT2D eigenvalue weighted by Gasteiger charge is 2.31. The van der Waals surface area contributed by atoms with Crippen molar-refractivity contribution in [2.24, 2.45) is 0 Å². The van der Waals surface area contributed by atoms with E-state index < -0.39 is 5.97 Å². The van der Waals surface area contributed by atoms with Crippen LogP contribution in [0.4, 0.5) is 0 Å². The van der Waals surface area contributed by atoms with E-state index in [-0.39, 0.29) is 12.3 Å². The molecule has 0 atom stereocenters. The summed E-state index contributed by atoms with van der Waals surface area (Å²) in [5, 5.41) is 8.64. The Bertz CT molecular complexity index is 606. The van der Waals surface area contributed by atoms with Crippen molar-refractivity contribution in [3.05, 3.63) is 26.8 Å². The number of carbonyl (C=O) groups is 2. The molecule has 1 aromatic rings. The van der Waals surface area contributed by atoms with E-state index in [0.29, 0.717) is 22.2 Å². The third-order valence-corrected chi connectivity index (χ3v) is 5.50. The molecular weight excluding hydrogens is 326 g/mol. The number of hydrogen-bond acceptors (Lipinski definition) is 5. The summed E-state index contributed by atoms with van der Waals surface area (Å²) in [5.41, 5.74) is 0. The third kappa shape index (κ3) is 4.15. The summed E-state index contributed by atoms with van der Waals surface area (Å²) in [6, 6.07) is 4.06. The Hall–Kier alpha value is -1.18. The number of thiophene rings is 1. The van der Waals surface area contributed by atoms with Gasteiger partial charge in [-0.25, -0.2) is 0 Å². The summed E-state index contributed by atoms with van der Waals surface area (Å²) < 4.78 is 0.504. The van der Waals surface area contributed by atoms with Gasteiger partial charge in [0, 0.05) is 22.7 Å². The van der Waals surface area contributed by atoms with Crippen LogP contribution in [0.2, 0.25) is 0 Å². The van der Waals surface area contributed by atoms with Gasteiger partial charge in [0.05, 0.1) is 4.91 Å². The second kappa shape index (κ2) is 7.20. The highest BCUT2D eigenvalue weighted by atomic mass is 32.2. The summed E-state index contributed by atoms with van der Waals surface area (Å²) in [6.45, 7) is 2.45. The molecular formula is C14H15NO3S3. The van der Waals surface area contributed by atoms with E-state index in [2.05, 4.69) is 13.0 Å². The third-order valence-electron chi connectivity index (χ3n) is 2.95. The molecule has 1 aliphatic rings. The second-order valence-corrected chi connectivity index (χ2v) is 7.36. The zero-order chi connectivity index (χ0) is 15.4. The molecule has 1 fully saturated rings. The molecule has 2 heterocycles. The number of hydrogen-bond donors (Lipinski definition) is 1. The summed E-state index contributed by atoms with van der Waals surface area (Å²) >= 11 is 8.15. The molecule has 0 spiro atoms. The van der Waals surface area contributed by atoms with Crippen molar-refractivity contribution in [2.45, 2.75) is 26.2 Å². The van der Waals surface area contributed by atoms with Crippen molar-refractivity contribution in [1.29, 1.82) is 0 Å². The Labute approximate surface area is 136 Å². The lowest BCUT2D eigenvalue weighted by Gasteiger charge is -2.13. The molecule has 1 aliphatic heterocycles. The van der Waals surface area contributed by atoms with Gasteiger partial charge in [-0.2, -0.15) is 0 Å². The van der Waals surface area contributed by atoms with Crippen LogP contribution < -0.4 is 0 Å². The smallest absolute Gasteiger partial charge is 0.303 e. The van der Waals surface area contributed by atoms with Crippen molar-refractivity contribution in [1.82, 2.24) is 4.90 Å². The Balaban J connectivity index is 2.04. The van der Waals surface area contributed by atoms with E-state index >= 15 is 0 Å². The first-order chi connectivity index (χ1) is 10.0. The maximum Gasteiger partial charge on any atom is 0.303 e. The molecule has 0 aliphatic carbocycles. The zero-order valence-corrected chi connectivity index (χ0v) is 13.9. The number of nitrogens with zero attached hydrogens (tertiary/aromatic N) is 1. The predicted octanol–water partition coefficient (Wildman–Crippen LogP) is 3.38. The molecule has 0 radical (unpaired) electrons. The van der Waals surface area contributed by atoms with Crippen LogP contribution >= 0.6 is 35.3 Å². The SMILES string of the molecule is CCc1ccc(C=C2SC(=S)N(CCCC(=O)O)C2=O)s1. The lowest BCUT2D eigenvalue weighted by molar-refractivity contribution is -0.137. The number of carboxylic acids is 1. The number of carbonyl (C=O) groups excluding carboxylic acids is 1. The van der Waals surface area contributed by atoms with Crippen LogP contribution in [0.25, 0.3) is 6.08 Å². The van der Waals surface area contributed by atoms with Gasteiger partial charge in [-0.3, -0.25) is 14.5 Å². The average molecular weight is 341 g/mol. The highest BCUT2D eigenvalue weighted by Crippen LogP contribution is 2.33. The molecule has 21 heavy (non-hydrogen) atoms. The molecule has 112 valence electrons. The van der Waals surface area contributed by atoms with E-state index in [4.69, 9.17) is 17.3 Å².